The number of aromatic nitrogens is 3. The van der Waals surface area contributed by atoms with Gasteiger partial charge in [-0.1, -0.05) is 0 Å². The first-order chi connectivity index (χ1) is 8.24. The van der Waals surface area contributed by atoms with Crippen molar-refractivity contribution < 1.29 is 8.78 Å². The average Bonchev–Trinajstić information content (AvgIpc) is 2.72. The molecule has 0 aliphatic heterocycles. The Hall–Kier alpha value is -2.30. The van der Waals surface area contributed by atoms with Crippen LogP contribution in [0.25, 0.3) is 22.4 Å². The van der Waals surface area contributed by atoms with Gasteiger partial charge in [-0.15, -0.1) is 0 Å². The maximum atomic E-state index is 13.5. The second-order valence-corrected chi connectivity index (χ2v) is 3.60. The maximum Gasteiger partial charge on any atom is 0.152 e. The summed E-state index contributed by atoms with van der Waals surface area (Å²) < 4.78 is 26.5. The predicted molar refractivity (Wildman–Crippen MR) is 59.2 cm³/mol. The van der Waals surface area contributed by atoms with Crippen LogP contribution in [0.4, 0.5) is 8.78 Å². The van der Waals surface area contributed by atoms with Crippen LogP contribution < -0.4 is 0 Å². The Morgan fingerprint density at radius 2 is 2.00 bits per heavy atom. The zero-order valence-electron chi connectivity index (χ0n) is 8.61. The van der Waals surface area contributed by atoms with Crippen LogP contribution in [0, 0.1) is 11.6 Å². The zero-order valence-corrected chi connectivity index (χ0v) is 8.61. The molecular weight excluding hydrogens is 224 g/mol. The molecule has 0 aliphatic carbocycles. The molecule has 2 aromatic heterocycles. The van der Waals surface area contributed by atoms with Crippen molar-refractivity contribution >= 4 is 11.0 Å². The Bertz CT molecular complexity index is 691. The highest BCUT2D eigenvalue weighted by molar-refractivity contribution is 5.79. The van der Waals surface area contributed by atoms with E-state index in [1.54, 1.807) is 6.07 Å². The molecule has 3 rings (SSSR count). The zero-order chi connectivity index (χ0) is 11.8. The number of hydrogen-bond acceptors (Lipinski definition) is 2. The number of nitrogens with one attached hydrogen (secondary N) is 1. The van der Waals surface area contributed by atoms with Gasteiger partial charge in [-0.25, -0.2) is 13.8 Å². The van der Waals surface area contributed by atoms with E-state index < -0.39 is 5.82 Å². The van der Waals surface area contributed by atoms with E-state index in [9.17, 15) is 8.78 Å². The minimum absolute atomic E-state index is 0.316. The lowest BCUT2D eigenvalue weighted by atomic mass is 10.2. The summed E-state index contributed by atoms with van der Waals surface area (Å²) in [5.41, 5.74) is 1.45. The highest BCUT2D eigenvalue weighted by Crippen LogP contribution is 2.22. The van der Waals surface area contributed by atoms with Crippen LogP contribution >= 0.6 is 0 Å². The third-order valence-electron chi connectivity index (χ3n) is 2.47. The summed E-state index contributed by atoms with van der Waals surface area (Å²) in [6.45, 7) is 0. The topological polar surface area (TPSA) is 41.6 Å². The summed E-state index contributed by atoms with van der Waals surface area (Å²) in [5.74, 6) is -0.458. The number of fused-ring (bicyclic) bond motifs is 1. The Balaban J connectivity index is 2.22. The van der Waals surface area contributed by atoms with Crippen molar-refractivity contribution in [2.45, 2.75) is 0 Å². The molecule has 17 heavy (non-hydrogen) atoms. The SMILES string of the molecule is Fc1ccc2nc(-c3ccncc3F)[nH]c2c1. The van der Waals surface area contributed by atoms with E-state index in [-0.39, 0.29) is 5.82 Å². The fraction of sp³-hybridized carbons (Fsp3) is 0. The van der Waals surface area contributed by atoms with Crippen molar-refractivity contribution in [3.63, 3.8) is 0 Å². The van der Waals surface area contributed by atoms with Gasteiger partial charge in [-0.05, 0) is 24.3 Å². The first-order valence-electron chi connectivity index (χ1n) is 4.99. The lowest BCUT2D eigenvalue weighted by Gasteiger charge is -1.96. The van der Waals surface area contributed by atoms with Gasteiger partial charge in [0.05, 0.1) is 22.8 Å². The highest BCUT2D eigenvalue weighted by atomic mass is 19.1. The molecule has 0 spiro atoms. The Morgan fingerprint density at radius 3 is 2.82 bits per heavy atom. The maximum absolute atomic E-state index is 13.5. The molecule has 1 N–H and O–H groups in total. The summed E-state index contributed by atoms with van der Waals surface area (Å²) in [6, 6.07) is 5.70. The molecule has 0 atom stereocenters. The number of nitrogens with zero attached hydrogens (tertiary/aromatic N) is 2. The van der Waals surface area contributed by atoms with Crippen molar-refractivity contribution in [2.24, 2.45) is 0 Å². The first-order valence-corrected chi connectivity index (χ1v) is 4.99. The normalized spacial score (nSPS) is 10.9. The number of pyridine rings is 1. The summed E-state index contributed by atoms with van der Waals surface area (Å²) in [7, 11) is 0. The molecule has 0 radical (unpaired) electrons. The predicted octanol–water partition coefficient (Wildman–Crippen LogP) is 2.90. The van der Waals surface area contributed by atoms with Crippen molar-refractivity contribution in [3.05, 3.63) is 48.3 Å². The van der Waals surface area contributed by atoms with Crippen LogP contribution in [0.1, 0.15) is 0 Å². The molecular formula is C12H7F2N3. The molecule has 0 amide bonds. The van der Waals surface area contributed by atoms with E-state index in [1.165, 1.54) is 24.4 Å². The van der Waals surface area contributed by atoms with Gasteiger partial charge in [-0.3, -0.25) is 4.98 Å². The van der Waals surface area contributed by atoms with Crippen LogP contribution in [0.15, 0.2) is 36.7 Å². The number of imidazole rings is 1. The molecule has 3 nitrogen and oxygen atoms in total. The highest BCUT2D eigenvalue weighted by Gasteiger charge is 2.09. The molecule has 3 aromatic rings. The molecule has 1 aromatic carbocycles. The third-order valence-corrected chi connectivity index (χ3v) is 2.47. The minimum atomic E-state index is -0.466. The molecule has 0 aliphatic rings. The average molecular weight is 231 g/mol. The lowest BCUT2D eigenvalue weighted by Crippen LogP contribution is -1.86. The third kappa shape index (κ3) is 1.65. The van der Waals surface area contributed by atoms with Crippen molar-refractivity contribution in [1.29, 1.82) is 0 Å². The van der Waals surface area contributed by atoms with Gasteiger partial charge >= 0.3 is 0 Å². The van der Waals surface area contributed by atoms with Crippen molar-refractivity contribution in [3.8, 4) is 11.4 Å². The first kappa shape index (κ1) is 9.89. The van der Waals surface area contributed by atoms with Crippen molar-refractivity contribution in [2.75, 3.05) is 0 Å². The Morgan fingerprint density at radius 1 is 1.12 bits per heavy atom. The van der Waals surface area contributed by atoms with Crippen LogP contribution in [0.2, 0.25) is 0 Å². The van der Waals surface area contributed by atoms with E-state index in [0.717, 1.165) is 6.20 Å². The number of hydrogen-bond donors (Lipinski definition) is 1. The standard InChI is InChI=1S/C12H7F2N3/c13-7-1-2-10-11(5-7)17-12(16-10)8-3-4-15-6-9(8)14/h1-6H,(H,16,17). The van der Waals surface area contributed by atoms with Crippen LogP contribution in [0.5, 0.6) is 0 Å². The number of aromatic amines is 1. The summed E-state index contributed by atoms with van der Waals surface area (Å²) >= 11 is 0. The van der Waals surface area contributed by atoms with E-state index in [4.69, 9.17) is 0 Å². The second-order valence-electron chi connectivity index (χ2n) is 3.60. The van der Waals surface area contributed by atoms with Gasteiger partial charge in [0.1, 0.15) is 11.6 Å². The molecule has 84 valence electrons. The number of halogens is 2. The summed E-state index contributed by atoms with van der Waals surface area (Å²) in [4.78, 5) is 10.7. The minimum Gasteiger partial charge on any atom is -0.338 e. The van der Waals surface area contributed by atoms with Crippen molar-refractivity contribution in [1.82, 2.24) is 15.0 Å². The quantitative estimate of drug-likeness (QED) is 0.699. The fourth-order valence-electron chi connectivity index (χ4n) is 1.68. The molecule has 5 heteroatoms. The second kappa shape index (κ2) is 3.62. The van der Waals surface area contributed by atoms with E-state index in [1.807, 2.05) is 0 Å². The van der Waals surface area contributed by atoms with E-state index in [0.29, 0.717) is 22.4 Å². The van der Waals surface area contributed by atoms with Gasteiger partial charge in [0.15, 0.2) is 5.82 Å². The van der Waals surface area contributed by atoms with Crippen LogP contribution in [-0.2, 0) is 0 Å². The van der Waals surface area contributed by atoms with Gasteiger partial charge in [0.2, 0.25) is 0 Å². The fourth-order valence-corrected chi connectivity index (χ4v) is 1.68. The van der Waals surface area contributed by atoms with Crippen LogP contribution in [0.3, 0.4) is 0 Å². The number of rotatable bonds is 1. The number of H-pyrrole nitrogens is 1. The Kier molecular flexibility index (Phi) is 2.11. The molecule has 0 fully saturated rings. The summed E-state index contributed by atoms with van der Waals surface area (Å²) in [6.07, 6.45) is 2.59. The summed E-state index contributed by atoms with van der Waals surface area (Å²) in [5, 5.41) is 0. The molecule has 2 heterocycles. The molecule has 0 bridgehead atoms. The largest absolute Gasteiger partial charge is 0.338 e. The van der Waals surface area contributed by atoms with E-state index >= 15 is 0 Å². The number of benzene rings is 1. The lowest BCUT2D eigenvalue weighted by molar-refractivity contribution is 0.624. The smallest absolute Gasteiger partial charge is 0.152 e. The van der Waals surface area contributed by atoms with Crippen LogP contribution in [-0.4, -0.2) is 15.0 Å². The monoisotopic (exact) mass is 231 g/mol. The molecule has 0 saturated carbocycles. The van der Waals surface area contributed by atoms with E-state index in [2.05, 4.69) is 15.0 Å². The van der Waals surface area contributed by atoms with Gasteiger partial charge in [0.25, 0.3) is 0 Å². The Labute approximate surface area is 95.1 Å². The van der Waals surface area contributed by atoms with Gasteiger partial charge in [-0.2, -0.15) is 0 Å². The molecule has 0 unspecified atom stereocenters. The molecule has 0 saturated heterocycles. The van der Waals surface area contributed by atoms with Gasteiger partial charge < -0.3 is 4.98 Å². The van der Waals surface area contributed by atoms with Gasteiger partial charge in [0, 0.05) is 6.20 Å².